The molecule has 2 aromatic rings. The fourth-order valence-electron chi connectivity index (χ4n) is 1.78. The Morgan fingerprint density at radius 2 is 1.95 bits per heavy atom. The molecule has 0 radical (unpaired) electrons. The predicted molar refractivity (Wildman–Crippen MR) is 80.1 cm³/mol. The SMILES string of the molecule is CCN(c1ccc(C)cc1)c1ncc(Br)c(OC)n1. The van der Waals surface area contributed by atoms with Gasteiger partial charge in [0.15, 0.2) is 0 Å². The van der Waals surface area contributed by atoms with E-state index in [1.165, 1.54) is 5.56 Å². The number of methoxy groups -OCH3 is 1. The van der Waals surface area contributed by atoms with Crippen molar-refractivity contribution in [2.45, 2.75) is 13.8 Å². The fraction of sp³-hybridized carbons (Fsp3) is 0.286. The number of ether oxygens (including phenoxy) is 1. The minimum Gasteiger partial charge on any atom is -0.480 e. The molecule has 0 N–H and O–H groups in total. The Bertz CT molecular complexity index is 557. The molecule has 4 nitrogen and oxygen atoms in total. The normalized spacial score (nSPS) is 10.3. The maximum Gasteiger partial charge on any atom is 0.233 e. The summed E-state index contributed by atoms with van der Waals surface area (Å²) in [5.74, 6) is 1.17. The van der Waals surface area contributed by atoms with Crippen LogP contribution in [0.4, 0.5) is 11.6 Å². The van der Waals surface area contributed by atoms with E-state index in [0.29, 0.717) is 11.8 Å². The minimum atomic E-state index is 0.538. The predicted octanol–water partition coefficient (Wildman–Crippen LogP) is 3.71. The lowest BCUT2D eigenvalue weighted by Gasteiger charge is -2.21. The second-order valence-electron chi connectivity index (χ2n) is 4.11. The molecular formula is C14H16BrN3O. The van der Waals surface area contributed by atoms with Gasteiger partial charge in [-0.1, -0.05) is 17.7 Å². The first-order chi connectivity index (χ1) is 9.15. The number of anilines is 2. The van der Waals surface area contributed by atoms with Gasteiger partial charge in [-0.05, 0) is 41.9 Å². The molecular weight excluding hydrogens is 306 g/mol. The second-order valence-corrected chi connectivity index (χ2v) is 4.96. The zero-order chi connectivity index (χ0) is 13.8. The summed E-state index contributed by atoms with van der Waals surface area (Å²) in [6.45, 7) is 4.92. The van der Waals surface area contributed by atoms with Gasteiger partial charge in [-0.15, -0.1) is 0 Å². The highest BCUT2D eigenvalue weighted by Crippen LogP contribution is 2.27. The summed E-state index contributed by atoms with van der Waals surface area (Å²) >= 11 is 3.36. The molecule has 0 amide bonds. The van der Waals surface area contributed by atoms with Crippen LogP contribution in [0, 0.1) is 6.92 Å². The van der Waals surface area contributed by atoms with E-state index in [-0.39, 0.29) is 0 Å². The van der Waals surface area contributed by atoms with E-state index in [1.54, 1.807) is 13.3 Å². The molecule has 0 spiro atoms. The zero-order valence-electron chi connectivity index (χ0n) is 11.2. The summed E-state index contributed by atoms with van der Waals surface area (Å²) in [6, 6.07) is 8.29. The Labute approximate surface area is 121 Å². The molecule has 2 rings (SSSR count). The van der Waals surface area contributed by atoms with E-state index in [1.807, 2.05) is 4.90 Å². The molecule has 1 aromatic carbocycles. The number of benzene rings is 1. The standard InChI is InChI=1S/C14H16BrN3O/c1-4-18(11-7-5-10(2)6-8-11)14-16-9-12(15)13(17-14)19-3/h5-9H,4H2,1-3H3. The lowest BCUT2D eigenvalue weighted by atomic mass is 10.2. The molecule has 0 aliphatic rings. The van der Waals surface area contributed by atoms with Crippen LogP contribution in [-0.4, -0.2) is 23.6 Å². The molecule has 100 valence electrons. The van der Waals surface area contributed by atoms with Crippen LogP contribution in [0.5, 0.6) is 5.88 Å². The van der Waals surface area contributed by atoms with E-state index in [0.717, 1.165) is 16.7 Å². The van der Waals surface area contributed by atoms with Crippen molar-refractivity contribution in [2.24, 2.45) is 0 Å². The van der Waals surface area contributed by atoms with Crippen LogP contribution in [0.25, 0.3) is 0 Å². The van der Waals surface area contributed by atoms with E-state index < -0.39 is 0 Å². The molecule has 0 bridgehead atoms. The molecule has 0 aliphatic carbocycles. The molecule has 1 aromatic heterocycles. The third-order valence-corrected chi connectivity index (χ3v) is 3.34. The molecule has 0 saturated carbocycles. The molecule has 0 atom stereocenters. The first-order valence-corrected chi connectivity index (χ1v) is 6.85. The molecule has 5 heteroatoms. The van der Waals surface area contributed by atoms with E-state index >= 15 is 0 Å². The summed E-state index contributed by atoms with van der Waals surface area (Å²) in [7, 11) is 1.60. The lowest BCUT2D eigenvalue weighted by molar-refractivity contribution is 0.394. The molecule has 19 heavy (non-hydrogen) atoms. The summed E-state index contributed by atoms with van der Waals surface area (Å²) in [5.41, 5.74) is 2.30. The lowest BCUT2D eigenvalue weighted by Crippen LogP contribution is -2.19. The van der Waals surface area contributed by atoms with Crippen molar-refractivity contribution in [1.29, 1.82) is 0 Å². The summed E-state index contributed by atoms with van der Waals surface area (Å²) in [5, 5.41) is 0. The minimum absolute atomic E-state index is 0.538. The Morgan fingerprint density at radius 1 is 1.26 bits per heavy atom. The molecule has 0 saturated heterocycles. The van der Waals surface area contributed by atoms with Gasteiger partial charge in [-0.25, -0.2) is 4.98 Å². The van der Waals surface area contributed by atoms with Crippen LogP contribution in [0.2, 0.25) is 0 Å². The Morgan fingerprint density at radius 3 is 2.53 bits per heavy atom. The van der Waals surface area contributed by atoms with Crippen LogP contribution in [0.3, 0.4) is 0 Å². The van der Waals surface area contributed by atoms with Crippen molar-refractivity contribution < 1.29 is 4.74 Å². The van der Waals surface area contributed by atoms with Crippen molar-refractivity contribution in [1.82, 2.24) is 9.97 Å². The monoisotopic (exact) mass is 321 g/mol. The number of rotatable bonds is 4. The van der Waals surface area contributed by atoms with Crippen LogP contribution in [-0.2, 0) is 0 Å². The highest BCUT2D eigenvalue weighted by molar-refractivity contribution is 9.10. The van der Waals surface area contributed by atoms with Crippen molar-refractivity contribution in [3.05, 3.63) is 40.5 Å². The maximum absolute atomic E-state index is 5.21. The van der Waals surface area contributed by atoms with Crippen LogP contribution < -0.4 is 9.64 Å². The van der Waals surface area contributed by atoms with E-state index in [2.05, 4.69) is 64.0 Å². The van der Waals surface area contributed by atoms with Gasteiger partial charge in [0.05, 0.1) is 17.8 Å². The van der Waals surface area contributed by atoms with Crippen molar-refractivity contribution in [3.63, 3.8) is 0 Å². The number of aryl methyl sites for hydroxylation is 1. The van der Waals surface area contributed by atoms with Gasteiger partial charge in [0.25, 0.3) is 0 Å². The topological polar surface area (TPSA) is 38.2 Å². The number of nitrogens with zero attached hydrogens (tertiary/aromatic N) is 3. The average molecular weight is 322 g/mol. The average Bonchev–Trinajstić information content (AvgIpc) is 2.43. The van der Waals surface area contributed by atoms with Gasteiger partial charge in [0.1, 0.15) is 0 Å². The molecule has 0 unspecified atom stereocenters. The summed E-state index contributed by atoms with van der Waals surface area (Å²) in [4.78, 5) is 10.8. The van der Waals surface area contributed by atoms with Gasteiger partial charge in [0.2, 0.25) is 11.8 Å². The molecule has 0 aliphatic heterocycles. The van der Waals surface area contributed by atoms with Gasteiger partial charge in [0, 0.05) is 12.2 Å². The van der Waals surface area contributed by atoms with Gasteiger partial charge in [-0.2, -0.15) is 4.98 Å². The van der Waals surface area contributed by atoms with Gasteiger partial charge < -0.3 is 9.64 Å². The quantitative estimate of drug-likeness (QED) is 0.860. The Balaban J connectivity index is 2.39. The van der Waals surface area contributed by atoms with Crippen molar-refractivity contribution in [3.8, 4) is 5.88 Å². The summed E-state index contributed by atoms with van der Waals surface area (Å²) < 4.78 is 5.96. The molecule has 1 heterocycles. The maximum atomic E-state index is 5.21. The molecule has 0 fully saturated rings. The first kappa shape index (κ1) is 13.8. The number of hydrogen-bond donors (Lipinski definition) is 0. The van der Waals surface area contributed by atoms with E-state index in [9.17, 15) is 0 Å². The summed E-state index contributed by atoms with van der Waals surface area (Å²) in [6.07, 6.45) is 1.71. The van der Waals surface area contributed by atoms with Crippen LogP contribution in [0.1, 0.15) is 12.5 Å². The first-order valence-electron chi connectivity index (χ1n) is 6.06. The Hall–Kier alpha value is -1.62. The highest BCUT2D eigenvalue weighted by Gasteiger charge is 2.12. The number of halogens is 1. The van der Waals surface area contributed by atoms with Gasteiger partial charge >= 0.3 is 0 Å². The van der Waals surface area contributed by atoms with Crippen LogP contribution in [0.15, 0.2) is 34.9 Å². The third kappa shape index (κ3) is 3.04. The van der Waals surface area contributed by atoms with Gasteiger partial charge in [-0.3, -0.25) is 0 Å². The number of hydrogen-bond acceptors (Lipinski definition) is 4. The van der Waals surface area contributed by atoms with E-state index in [4.69, 9.17) is 4.74 Å². The van der Waals surface area contributed by atoms with Crippen molar-refractivity contribution in [2.75, 3.05) is 18.6 Å². The fourth-order valence-corrected chi connectivity index (χ4v) is 2.13. The largest absolute Gasteiger partial charge is 0.480 e. The smallest absolute Gasteiger partial charge is 0.233 e. The Kier molecular flexibility index (Phi) is 4.37. The number of aromatic nitrogens is 2. The second kappa shape index (κ2) is 6.02. The highest BCUT2D eigenvalue weighted by atomic mass is 79.9. The zero-order valence-corrected chi connectivity index (χ0v) is 12.8. The van der Waals surface area contributed by atoms with Crippen molar-refractivity contribution >= 4 is 27.6 Å². The third-order valence-electron chi connectivity index (χ3n) is 2.80. The van der Waals surface area contributed by atoms with Crippen LogP contribution >= 0.6 is 15.9 Å².